The summed E-state index contributed by atoms with van der Waals surface area (Å²) in [5.74, 6) is -0.517. The second-order valence-corrected chi connectivity index (χ2v) is 4.48. The Morgan fingerprint density at radius 2 is 2.00 bits per heavy atom. The third kappa shape index (κ3) is 2.82. The third-order valence-corrected chi connectivity index (χ3v) is 2.78. The summed E-state index contributed by atoms with van der Waals surface area (Å²) in [6, 6.07) is 5.79. The smallest absolute Gasteiger partial charge is 0.254 e. The average Bonchev–Trinajstić information content (AvgIpc) is 2.26. The number of rotatable bonds is 1. The quantitative estimate of drug-likeness (QED) is 0.748. The highest BCUT2D eigenvalue weighted by Crippen LogP contribution is 2.14. The number of nitrogens with zero attached hydrogens (tertiary/aromatic N) is 1. The molecule has 0 bridgehead atoms. The lowest BCUT2D eigenvalue weighted by Crippen LogP contribution is -2.48. The molecule has 1 aliphatic rings. The van der Waals surface area contributed by atoms with Gasteiger partial charge in [-0.2, -0.15) is 0 Å². The molecule has 0 aliphatic carbocycles. The van der Waals surface area contributed by atoms with Crippen LogP contribution in [0.25, 0.3) is 0 Å². The van der Waals surface area contributed by atoms with E-state index in [0.29, 0.717) is 18.7 Å². The summed E-state index contributed by atoms with van der Waals surface area (Å²) in [7, 11) is 0. The number of ether oxygens (including phenoxy) is 1. The molecule has 4 heteroatoms. The van der Waals surface area contributed by atoms with Gasteiger partial charge in [0.05, 0.1) is 12.2 Å². The van der Waals surface area contributed by atoms with Gasteiger partial charge in [0.25, 0.3) is 5.91 Å². The zero-order chi connectivity index (χ0) is 12.4. The van der Waals surface area contributed by atoms with Crippen molar-refractivity contribution < 1.29 is 13.9 Å². The van der Waals surface area contributed by atoms with Gasteiger partial charge in [-0.1, -0.05) is 6.07 Å². The van der Waals surface area contributed by atoms with Gasteiger partial charge in [-0.3, -0.25) is 4.79 Å². The molecule has 3 nitrogen and oxygen atoms in total. The van der Waals surface area contributed by atoms with Crippen molar-refractivity contribution >= 4 is 5.91 Å². The SMILES string of the molecule is C[C@H]1CN(C(=O)c2cccc(F)c2)C[C@H](C)O1. The van der Waals surface area contributed by atoms with Crippen LogP contribution >= 0.6 is 0 Å². The van der Waals surface area contributed by atoms with Crippen molar-refractivity contribution in [2.24, 2.45) is 0 Å². The monoisotopic (exact) mass is 237 g/mol. The van der Waals surface area contributed by atoms with E-state index in [9.17, 15) is 9.18 Å². The molecule has 2 rings (SSSR count). The van der Waals surface area contributed by atoms with E-state index < -0.39 is 0 Å². The van der Waals surface area contributed by atoms with E-state index in [1.54, 1.807) is 17.0 Å². The maximum atomic E-state index is 13.1. The molecule has 92 valence electrons. The second-order valence-electron chi connectivity index (χ2n) is 4.48. The maximum Gasteiger partial charge on any atom is 0.254 e. The van der Waals surface area contributed by atoms with Gasteiger partial charge in [-0.25, -0.2) is 4.39 Å². The standard InChI is InChI=1S/C13H16FNO2/c1-9-7-15(8-10(2)17-9)13(16)11-4-3-5-12(14)6-11/h3-6,9-10H,7-8H2,1-2H3/t9-,10-/m0/s1. The summed E-state index contributed by atoms with van der Waals surface area (Å²) < 4.78 is 18.6. The van der Waals surface area contributed by atoms with Gasteiger partial charge >= 0.3 is 0 Å². The Kier molecular flexibility index (Phi) is 3.43. The Morgan fingerprint density at radius 1 is 1.35 bits per heavy atom. The number of carbonyl (C=O) groups excluding carboxylic acids is 1. The molecule has 17 heavy (non-hydrogen) atoms. The largest absolute Gasteiger partial charge is 0.372 e. The van der Waals surface area contributed by atoms with Crippen molar-refractivity contribution in [1.82, 2.24) is 4.90 Å². The van der Waals surface area contributed by atoms with Crippen LogP contribution in [0, 0.1) is 5.82 Å². The fraction of sp³-hybridized carbons (Fsp3) is 0.462. The van der Waals surface area contributed by atoms with E-state index in [1.165, 1.54) is 12.1 Å². The molecular weight excluding hydrogens is 221 g/mol. The summed E-state index contributed by atoms with van der Waals surface area (Å²) in [6.45, 7) is 4.97. The Bertz CT molecular complexity index is 412. The van der Waals surface area contributed by atoms with Gasteiger partial charge in [-0.15, -0.1) is 0 Å². The first-order valence-corrected chi connectivity index (χ1v) is 5.76. The Labute approximate surface area is 100 Å². The van der Waals surface area contributed by atoms with E-state index in [-0.39, 0.29) is 23.9 Å². The highest BCUT2D eigenvalue weighted by molar-refractivity contribution is 5.94. The molecule has 0 saturated carbocycles. The van der Waals surface area contributed by atoms with Crippen LogP contribution in [0.5, 0.6) is 0 Å². The summed E-state index contributed by atoms with van der Waals surface area (Å²) in [4.78, 5) is 13.9. The van der Waals surface area contributed by atoms with E-state index >= 15 is 0 Å². The molecule has 0 unspecified atom stereocenters. The van der Waals surface area contributed by atoms with Crippen LogP contribution in [0.15, 0.2) is 24.3 Å². The van der Waals surface area contributed by atoms with E-state index in [1.807, 2.05) is 13.8 Å². The average molecular weight is 237 g/mol. The molecule has 1 aliphatic heterocycles. The number of halogens is 1. The first-order chi connectivity index (χ1) is 8.06. The molecule has 1 amide bonds. The van der Waals surface area contributed by atoms with E-state index in [2.05, 4.69) is 0 Å². The Hall–Kier alpha value is -1.42. The van der Waals surface area contributed by atoms with Crippen molar-refractivity contribution in [2.75, 3.05) is 13.1 Å². The first-order valence-electron chi connectivity index (χ1n) is 5.76. The lowest BCUT2D eigenvalue weighted by Gasteiger charge is -2.35. The molecule has 1 fully saturated rings. The topological polar surface area (TPSA) is 29.5 Å². The lowest BCUT2D eigenvalue weighted by atomic mass is 10.1. The number of hydrogen-bond acceptors (Lipinski definition) is 2. The molecule has 1 aromatic rings. The molecule has 0 N–H and O–H groups in total. The molecular formula is C13H16FNO2. The van der Waals surface area contributed by atoms with Crippen LogP contribution in [-0.2, 0) is 4.74 Å². The summed E-state index contributed by atoms with van der Waals surface area (Å²) in [6.07, 6.45) is 0.0486. The molecule has 0 spiro atoms. The van der Waals surface area contributed by atoms with Crippen LogP contribution in [0.2, 0.25) is 0 Å². The van der Waals surface area contributed by atoms with Gasteiger partial charge < -0.3 is 9.64 Å². The third-order valence-electron chi connectivity index (χ3n) is 2.78. The van der Waals surface area contributed by atoms with Gasteiger partial charge in [0.2, 0.25) is 0 Å². The summed E-state index contributed by atoms with van der Waals surface area (Å²) >= 11 is 0. The molecule has 2 atom stereocenters. The van der Waals surface area contributed by atoms with Crippen molar-refractivity contribution in [2.45, 2.75) is 26.1 Å². The molecule has 0 aromatic heterocycles. The number of carbonyl (C=O) groups is 1. The van der Waals surface area contributed by atoms with Crippen molar-refractivity contribution in [1.29, 1.82) is 0 Å². The highest BCUT2D eigenvalue weighted by atomic mass is 19.1. The van der Waals surface area contributed by atoms with Crippen LogP contribution in [0.3, 0.4) is 0 Å². The normalized spacial score (nSPS) is 24.8. The van der Waals surface area contributed by atoms with Crippen LogP contribution < -0.4 is 0 Å². The van der Waals surface area contributed by atoms with Crippen LogP contribution in [0.4, 0.5) is 4.39 Å². The number of morpholine rings is 1. The van der Waals surface area contributed by atoms with Crippen molar-refractivity contribution in [3.63, 3.8) is 0 Å². The lowest BCUT2D eigenvalue weighted by molar-refractivity contribution is -0.0586. The number of amides is 1. The fourth-order valence-electron chi connectivity index (χ4n) is 2.15. The minimum Gasteiger partial charge on any atom is -0.372 e. The molecule has 1 saturated heterocycles. The predicted molar refractivity (Wildman–Crippen MR) is 62.3 cm³/mol. The number of hydrogen-bond donors (Lipinski definition) is 0. The molecule has 0 radical (unpaired) electrons. The zero-order valence-corrected chi connectivity index (χ0v) is 10.0. The zero-order valence-electron chi connectivity index (χ0n) is 10.0. The Morgan fingerprint density at radius 3 is 2.59 bits per heavy atom. The predicted octanol–water partition coefficient (Wildman–Crippen LogP) is 2.08. The van der Waals surface area contributed by atoms with E-state index in [0.717, 1.165) is 0 Å². The molecule has 1 heterocycles. The fourth-order valence-corrected chi connectivity index (χ4v) is 2.15. The summed E-state index contributed by atoms with van der Waals surface area (Å²) in [5.41, 5.74) is 0.395. The van der Waals surface area contributed by atoms with Crippen LogP contribution in [0.1, 0.15) is 24.2 Å². The molecule has 1 aromatic carbocycles. The second kappa shape index (κ2) is 4.84. The minimum absolute atomic E-state index is 0.0243. The van der Waals surface area contributed by atoms with Crippen molar-refractivity contribution in [3.05, 3.63) is 35.6 Å². The maximum absolute atomic E-state index is 13.1. The van der Waals surface area contributed by atoms with Gasteiger partial charge in [0.1, 0.15) is 5.82 Å². The Balaban J connectivity index is 2.14. The van der Waals surface area contributed by atoms with E-state index in [4.69, 9.17) is 4.74 Å². The highest BCUT2D eigenvalue weighted by Gasteiger charge is 2.26. The number of benzene rings is 1. The van der Waals surface area contributed by atoms with Gasteiger partial charge in [-0.05, 0) is 32.0 Å². The summed E-state index contributed by atoms with van der Waals surface area (Å²) in [5, 5.41) is 0. The minimum atomic E-state index is -0.384. The first kappa shape index (κ1) is 12.0. The van der Waals surface area contributed by atoms with Gasteiger partial charge in [0.15, 0.2) is 0 Å². The van der Waals surface area contributed by atoms with Gasteiger partial charge in [0, 0.05) is 18.7 Å². The van der Waals surface area contributed by atoms with Crippen LogP contribution in [-0.4, -0.2) is 36.1 Å². The van der Waals surface area contributed by atoms with Crippen molar-refractivity contribution in [3.8, 4) is 0 Å².